The first kappa shape index (κ1) is 16.4. The summed E-state index contributed by atoms with van der Waals surface area (Å²) >= 11 is 0. The second-order valence-corrected chi connectivity index (χ2v) is 5.78. The lowest BCUT2D eigenvalue weighted by molar-refractivity contribution is -0.137. The van der Waals surface area contributed by atoms with E-state index < -0.39 is 5.97 Å². The Morgan fingerprint density at radius 2 is 1.88 bits per heavy atom. The maximum Gasteiger partial charge on any atom is 0.303 e. The van der Waals surface area contributed by atoms with E-state index in [0.29, 0.717) is 6.42 Å². The summed E-state index contributed by atoms with van der Waals surface area (Å²) in [4.78, 5) is 12.5. The van der Waals surface area contributed by atoms with Crippen molar-refractivity contribution in [3.63, 3.8) is 0 Å². The van der Waals surface area contributed by atoms with E-state index in [2.05, 4.69) is 38.2 Å². The monoisotopic (exact) mass is 244 g/mol. The Labute approximate surface area is 105 Å². The fourth-order valence-electron chi connectivity index (χ4n) is 2.04. The number of rotatable bonds is 10. The van der Waals surface area contributed by atoms with Crippen molar-refractivity contribution in [3.8, 4) is 0 Å². The van der Waals surface area contributed by atoms with Crippen LogP contribution >= 0.6 is 0 Å². The molecule has 0 aliphatic rings. The van der Waals surface area contributed by atoms with Crippen molar-refractivity contribution in [2.24, 2.45) is 5.41 Å². The molecular formula is C13H28N2O2. The molecule has 17 heavy (non-hydrogen) atoms. The van der Waals surface area contributed by atoms with Gasteiger partial charge in [0.2, 0.25) is 0 Å². The normalized spacial score (nSPS) is 12.1. The van der Waals surface area contributed by atoms with Gasteiger partial charge in [-0.2, -0.15) is 0 Å². The number of carbonyl (C=O) groups is 1. The minimum absolute atomic E-state index is 0.282. The summed E-state index contributed by atoms with van der Waals surface area (Å²) in [6.07, 6.45) is 3.14. The molecule has 0 aromatic carbocycles. The Balaban J connectivity index is 3.41. The maximum atomic E-state index is 10.3. The summed E-state index contributed by atoms with van der Waals surface area (Å²) in [6, 6.07) is 0. The van der Waals surface area contributed by atoms with E-state index in [0.717, 1.165) is 38.9 Å². The lowest BCUT2D eigenvalue weighted by Gasteiger charge is -2.28. The number of carboxylic acid groups (broad SMARTS) is 1. The smallest absolute Gasteiger partial charge is 0.303 e. The molecule has 0 aliphatic heterocycles. The molecule has 0 saturated heterocycles. The highest BCUT2D eigenvalue weighted by atomic mass is 16.4. The van der Waals surface area contributed by atoms with Crippen molar-refractivity contribution < 1.29 is 9.90 Å². The van der Waals surface area contributed by atoms with E-state index in [1.165, 1.54) is 0 Å². The molecule has 0 aromatic heterocycles. The Kier molecular flexibility index (Phi) is 8.17. The van der Waals surface area contributed by atoms with Gasteiger partial charge in [-0.1, -0.05) is 20.3 Å². The van der Waals surface area contributed by atoms with Gasteiger partial charge in [0.1, 0.15) is 0 Å². The maximum absolute atomic E-state index is 10.3. The van der Waals surface area contributed by atoms with Crippen LogP contribution in [0, 0.1) is 5.41 Å². The van der Waals surface area contributed by atoms with Crippen LogP contribution in [0.2, 0.25) is 0 Å². The fourth-order valence-corrected chi connectivity index (χ4v) is 2.04. The number of carboxylic acids is 1. The van der Waals surface area contributed by atoms with E-state index in [1.54, 1.807) is 0 Å². The van der Waals surface area contributed by atoms with Crippen LogP contribution in [0.4, 0.5) is 0 Å². The summed E-state index contributed by atoms with van der Waals surface area (Å²) < 4.78 is 0. The Morgan fingerprint density at radius 1 is 1.24 bits per heavy atom. The quantitative estimate of drug-likeness (QED) is 0.575. The van der Waals surface area contributed by atoms with Gasteiger partial charge in [-0.05, 0) is 38.9 Å². The first-order valence-corrected chi connectivity index (χ1v) is 6.41. The van der Waals surface area contributed by atoms with Crippen LogP contribution < -0.4 is 5.32 Å². The van der Waals surface area contributed by atoms with Gasteiger partial charge in [-0.3, -0.25) is 4.79 Å². The summed E-state index contributed by atoms with van der Waals surface area (Å²) in [5, 5.41) is 11.9. The molecule has 0 fully saturated rings. The van der Waals surface area contributed by atoms with Gasteiger partial charge in [0.05, 0.1) is 0 Å². The lowest BCUT2D eigenvalue weighted by Crippen LogP contribution is -2.37. The molecule has 4 heteroatoms. The number of aliphatic carboxylic acids is 1. The van der Waals surface area contributed by atoms with Gasteiger partial charge in [-0.25, -0.2) is 0 Å². The van der Waals surface area contributed by atoms with Gasteiger partial charge in [-0.15, -0.1) is 0 Å². The third-order valence-corrected chi connectivity index (χ3v) is 2.59. The molecule has 2 N–H and O–H groups in total. The number of unbranched alkanes of at least 4 members (excludes halogenated alkanes) is 2. The Hall–Kier alpha value is -0.610. The summed E-state index contributed by atoms with van der Waals surface area (Å²) in [5.74, 6) is -0.690. The zero-order valence-corrected chi connectivity index (χ0v) is 11.8. The van der Waals surface area contributed by atoms with E-state index in [1.807, 2.05) is 0 Å². The third kappa shape index (κ3) is 11.6. The fraction of sp³-hybridized carbons (Fsp3) is 0.923. The molecule has 0 aliphatic carbocycles. The molecule has 0 aromatic rings. The van der Waals surface area contributed by atoms with Crippen LogP contribution in [0.5, 0.6) is 0 Å². The first-order chi connectivity index (χ1) is 7.83. The van der Waals surface area contributed by atoms with Crippen molar-refractivity contribution >= 4 is 5.97 Å². The second kappa shape index (κ2) is 8.48. The van der Waals surface area contributed by atoms with Gasteiger partial charge in [0.25, 0.3) is 0 Å². The molecular weight excluding hydrogens is 216 g/mol. The standard InChI is InChI=1S/C13H28N2O2/c1-13(2,11-15(3)4)10-14-9-7-5-6-8-12(16)17/h14H,5-11H2,1-4H3,(H,16,17). The molecule has 0 unspecified atom stereocenters. The summed E-state index contributed by atoms with van der Waals surface area (Å²) in [5.41, 5.74) is 0.282. The number of hydrogen-bond donors (Lipinski definition) is 2. The largest absolute Gasteiger partial charge is 0.481 e. The SMILES string of the molecule is CN(C)CC(C)(C)CNCCCCCC(=O)O. The van der Waals surface area contributed by atoms with E-state index in [4.69, 9.17) is 5.11 Å². The molecule has 0 bridgehead atoms. The topological polar surface area (TPSA) is 52.6 Å². The molecule has 4 nitrogen and oxygen atoms in total. The van der Waals surface area contributed by atoms with Crippen molar-refractivity contribution in [1.82, 2.24) is 10.2 Å². The number of nitrogens with zero attached hydrogens (tertiary/aromatic N) is 1. The molecule has 102 valence electrons. The predicted octanol–water partition coefficient (Wildman–Crippen LogP) is 1.81. The van der Waals surface area contributed by atoms with Crippen LogP contribution in [0.1, 0.15) is 39.5 Å². The molecule has 0 rings (SSSR count). The van der Waals surface area contributed by atoms with Gasteiger partial charge < -0.3 is 15.3 Å². The predicted molar refractivity (Wildman–Crippen MR) is 71.3 cm³/mol. The van der Waals surface area contributed by atoms with Crippen LogP contribution in [-0.4, -0.2) is 49.7 Å². The minimum Gasteiger partial charge on any atom is -0.481 e. The summed E-state index contributed by atoms with van der Waals surface area (Å²) in [7, 11) is 4.18. The molecule has 0 atom stereocenters. The number of nitrogens with one attached hydrogen (secondary N) is 1. The lowest BCUT2D eigenvalue weighted by atomic mass is 9.93. The zero-order valence-electron chi connectivity index (χ0n) is 11.8. The molecule has 0 spiro atoms. The molecule has 0 heterocycles. The summed E-state index contributed by atoms with van der Waals surface area (Å²) in [6.45, 7) is 7.56. The van der Waals surface area contributed by atoms with Gasteiger partial charge >= 0.3 is 5.97 Å². The van der Waals surface area contributed by atoms with Crippen molar-refractivity contribution in [2.75, 3.05) is 33.7 Å². The van der Waals surface area contributed by atoms with E-state index in [9.17, 15) is 4.79 Å². The van der Waals surface area contributed by atoms with Crippen LogP contribution in [0.15, 0.2) is 0 Å². The van der Waals surface area contributed by atoms with Crippen molar-refractivity contribution in [1.29, 1.82) is 0 Å². The third-order valence-electron chi connectivity index (χ3n) is 2.59. The molecule has 0 saturated carbocycles. The van der Waals surface area contributed by atoms with Crippen molar-refractivity contribution in [2.45, 2.75) is 39.5 Å². The van der Waals surface area contributed by atoms with Gasteiger partial charge in [0.15, 0.2) is 0 Å². The zero-order chi connectivity index (χ0) is 13.3. The Bertz CT molecular complexity index is 215. The highest BCUT2D eigenvalue weighted by Gasteiger charge is 2.17. The number of hydrogen-bond acceptors (Lipinski definition) is 3. The van der Waals surface area contributed by atoms with Crippen LogP contribution in [0.3, 0.4) is 0 Å². The van der Waals surface area contributed by atoms with E-state index >= 15 is 0 Å². The van der Waals surface area contributed by atoms with E-state index in [-0.39, 0.29) is 5.41 Å². The highest BCUT2D eigenvalue weighted by molar-refractivity contribution is 5.66. The first-order valence-electron chi connectivity index (χ1n) is 6.41. The van der Waals surface area contributed by atoms with Gasteiger partial charge in [0, 0.05) is 19.5 Å². The van der Waals surface area contributed by atoms with Crippen LogP contribution in [0.25, 0.3) is 0 Å². The average molecular weight is 244 g/mol. The molecule has 0 amide bonds. The van der Waals surface area contributed by atoms with Crippen LogP contribution in [-0.2, 0) is 4.79 Å². The highest BCUT2D eigenvalue weighted by Crippen LogP contribution is 2.14. The molecule has 0 radical (unpaired) electrons. The van der Waals surface area contributed by atoms with Crippen molar-refractivity contribution in [3.05, 3.63) is 0 Å². The second-order valence-electron chi connectivity index (χ2n) is 5.78. The minimum atomic E-state index is -0.690. The average Bonchev–Trinajstić information content (AvgIpc) is 2.13. The Morgan fingerprint density at radius 3 is 2.41 bits per heavy atom.